The lowest BCUT2D eigenvalue weighted by atomic mass is 10.0. The molecule has 180 valence electrons. The van der Waals surface area contributed by atoms with Crippen LogP contribution in [-0.2, 0) is 6.42 Å². The molecule has 0 bridgehead atoms. The first-order valence-corrected chi connectivity index (χ1v) is 13.8. The Kier molecular flexibility index (Phi) is 19.1. The summed E-state index contributed by atoms with van der Waals surface area (Å²) in [6.07, 6.45) is 23.3. The van der Waals surface area contributed by atoms with E-state index in [9.17, 15) is 0 Å². The Hall–Kier alpha value is -0.860. The molecule has 1 rings (SSSR count). The molecule has 0 saturated heterocycles. The first kappa shape index (κ1) is 28.2. The lowest BCUT2D eigenvalue weighted by molar-refractivity contribution is 0.244. The maximum atomic E-state index is 6.56. The van der Waals surface area contributed by atoms with Crippen molar-refractivity contribution < 1.29 is 0 Å². The highest BCUT2D eigenvalue weighted by atomic mass is 15.1. The van der Waals surface area contributed by atoms with Gasteiger partial charge in [0.15, 0.2) is 0 Å². The zero-order valence-electron chi connectivity index (χ0n) is 21.1. The van der Waals surface area contributed by atoms with E-state index in [1.165, 1.54) is 121 Å². The van der Waals surface area contributed by atoms with Crippen molar-refractivity contribution in [2.75, 3.05) is 19.6 Å². The summed E-state index contributed by atoms with van der Waals surface area (Å²) in [7, 11) is 0. The topological polar surface area (TPSA) is 29.3 Å². The van der Waals surface area contributed by atoms with Crippen molar-refractivity contribution in [3.63, 3.8) is 0 Å². The van der Waals surface area contributed by atoms with Crippen LogP contribution in [0.25, 0.3) is 0 Å². The molecule has 0 aliphatic heterocycles. The zero-order valence-corrected chi connectivity index (χ0v) is 21.1. The molecule has 0 aromatic heterocycles. The third-order valence-electron chi connectivity index (χ3n) is 6.49. The molecule has 1 aromatic carbocycles. The van der Waals surface area contributed by atoms with Crippen molar-refractivity contribution in [1.82, 2.24) is 4.90 Å². The van der Waals surface area contributed by atoms with Gasteiger partial charge in [-0.3, -0.25) is 0 Å². The second-order valence-electron chi connectivity index (χ2n) is 9.70. The average Bonchev–Trinajstić information content (AvgIpc) is 2.77. The fourth-order valence-electron chi connectivity index (χ4n) is 4.55. The molecule has 2 N–H and O–H groups in total. The maximum absolute atomic E-state index is 6.56. The molecule has 0 heterocycles. The van der Waals surface area contributed by atoms with E-state index >= 15 is 0 Å². The van der Waals surface area contributed by atoms with E-state index < -0.39 is 0 Å². The molecular weight excluding hydrogens is 376 g/mol. The highest BCUT2D eigenvalue weighted by Crippen LogP contribution is 2.12. The third kappa shape index (κ3) is 17.4. The first-order chi connectivity index (χ1) is 15.3. The molecule has 0 fully saturated rings. The fraction of sp³-hybridized carbons (Fsp3) is 0.793. The molecule has 2 nitrogen and oxygen atoms in total. The molecule has 0 aliphatic carbocycles. The summed E-state index contributed by atoms with van der Waals surface area (Å²) in [5.74, 6) is 0. The minimum absolute atomic E-state index is 0.241. The molecule has 2 heteroatoms. The second kappa shape index (κ2) is 21.0. The summed E-state index contributed by atoms with van der Waals surface area (Å²) in [6, 6.07) is 11.0. The predicted molar refractivity (Wildman–Crippen MR) is 140 cm³/mol. The minimum atomic E-state index is 0.241. The van der Waals surface area contributed by atoms with Gasteiger partial charge in [-0.15, -0.1) is 0 Å². The van der Waals surface area contributed by atoms with E-state index in [0.717, 1.165) is 13.0 Å². The Morgan fingerprint density at radius 1 is 0.613 bits per heavy atom. The zero-order chi connectivity index (χ0) is 22.4. The predicted octanol–water partition coefficient (Wildman–Crippen LogP) is 8.14. The summed E-state index contributed by atoms with van der Waals surface area (Å²) in [4.78, 5) is 2.67. The van der Waals surface area contributed by atoms with Crippen LogP contribution >= 0.6 is 0 Å². The second-order valence-corrected chi connectivity index (χ2v) is 9.70. The summed E-state index contributed by atoms with van der Waals surface area (Å²) in [5.41, 5.74) is 7.93. The van der Waals surface area contributed by atoms with E-state index in [0.29, 0.717) is 0 Å². The standard InChI is InChI=1S/C29H54N2/c1-3-5-7-9-11-13-15-20-24-31(25-21-16-14-12-10-8-6-4-2)27-29(30)26-28-22-18-17-19-23-28/h17-19,22-23,29H,3-16,20-21,24-27,30H2,1-2H3/t29-/m0/s1. The van der Waals surface area contributed by atoms with Crippen molar-refractivity contribution in [3.05, 3.63) is 35.9 Å². The van der Waals surface area contributed by atoms with Crippen LogP contribution in [0.3, 0.4) is 0 Å². The van der Waals surface area contributed by atoms with Crippen LogP contribution < -0.4 is 5.73 Å². The molecular formula is C29H54N2. The van der Waals surface area contributed by atoms with Gasteiger partial charge in [0.2, 0.25) is 0 Å². The van der Waals surface area contributed by atoms with Gasteiger partial charge >= 0.3 is 0 Å². The van der Waals surface area contributed by atoms with Gasteiger partial charge in [-0.25, -0.2) is 0 Å². The van der Waals surface area contributed by atoms with E-state index in [4.69, 9.17) is 5.73 Å². The molecule has 31 heavy (non-hydrogen) atoms. The van der Waals surface area contributed by atoms with Crippen molar-refractivity contribution >= 4 is 0 Å². The Labute approximate surface area is 195 Å². The lowest BCUT2D eigenvalue weighted by Crippen LogP contribution is -2.40. The van der Waals surface area contributed by atoms with Crippen LogP contribution in [0.1, 0.15) is 122 Å². The van der Waals surface area contributed by atoms with Gasteiger partial charge in [0, 0.05) is 12.6 Å². The molecule has 0 amide bonds. The molecule has 1 atom stereocenters. The van der Waals surface area contributed by atoms with E-state index in [2.05, 4.69) is 49.1 Å². The summed E-state index contributed by atoms with van der Waals surface area (Å²) in [6.45, 7) is 8.09. The number of hydrogen-bond acceptors (Lipinski definition) is 2. The van der Waals surface area contributed by atoms with E-state index in [1.807, 2.05) is 0 Å². The van der Waals surface area contributed by atoms with Crippen molar-refractivity contribution in [3.8, 4) is 0 Å². The number of benzene rings is 1. The van der Waals surface area contributed by atoms with Crippen LogP contribution in [0, 0.1) is 0 Å². The lowest BCUT2D eigenvalue weighted by Gasteiger charge is -2.26. The summed E-state index contributed by atoms with van der Waals surface area (Å²) < 4.78 is 0. The van der Waals surface area contributed by atoms with E-state index in [-0.39, 0.29) is 6.04 Å². The average molecular weight is 431 g/mol. The normalized spacial score (nSPS) is 12.5. The highest BCUT2D eigenvalue weighted by molar-refractivity contribution is 5.15. The highest BCUT2D eigenvalue weighted by Gasteiger charge is 2.11. The molecule has 0 aliphatic rings. The smallest absolute Gasteiger partial charge is 0.0208 e. The van der Waals surface area contributed by atoms with Crippen molar-refractivity contribution in [2.24, 2.45) is 5.73 Å². The van der Waals surface area contributed by atoms with Crippen molar-refractivity contribution in [2.45, 2.75) is 129 Å². The van der Waals surface area contributed by atoms with Gasteiger partial charge in [0.1, 0.15) is 0 Å². The number of nitrogens with zero attached hydrogens (tertiary/aromatic N) is 1. The first-order valence-electron chi connectivity index (χ1n) is 13.8. The third-order valence-corrected chi connectivity index (χ3v) is 6.49. The Bertz CT molecular complexity index is 453. The van der Waals surface area contributed by atoms with Gasteiger partial charge in [-0.05, 0) is 37.9 Å². The number of nitrogens with two attached hydrogens (primary N) is 1. The minimum Gasteiger partial charge on any atom is -0.326 e. The number of hydrogen-bond donors (Lipinski definition) is 1. The van der Waals surface area contributed by atoms with Crippen LogP contribution in [0.15, 0.2) is 30.3 Å². The summed E-state index contributed by atoms with van der Waals surface area (Å²) in [5, 5.41) is 0. The summed E-state index contributed by atoms with van der Waals surface area (Å²) >= 11 is 0. The van der Waals surface area contributed by atoms with Crippen LogP contribution in [0.5, 0.6) is 0 Å². The molecule has 0 unspecified atom stereocenters. The van der Waals surface area contributed by atoms with Crippen LogP contribution in [-0.4, -0.2) is 30.6 Å². The van der Waals surface area contributed by atoms with Crippen LogP contribution in [0.2, 0.25) is 0 Å². The quantitative estimate of drug-likeness (QED) is 0.188. The van der Waals surface area contributed by atoms with Gasteiger partial charge < -0.3 is 10.6 Å². The maximum Gasteiger partial charge on any atom is 0.0208 e. The Balaban J connectivity index is 2.26. The van der Waals surface area contributed by atoms with Gasteiger partial charge in [-0.1, -0.05) is 134 Å². The van der Waals surface area contributed by atoms with E-state index in [1.54, 1.807) is 0 Å². The Morgan fingerprint density at radius 2 is 1.03 bits per heavy atom. The monoisotopic (exact) mass is 430 g/mol. The van der Waals surface area contributed by atoms with Gasteiger partial charge in [0.05, 0.1) is 0 Å². The molecule has 1 aromatic rings. The van der Waals surface area contributed by atoms with Crippen LogP contribution in [0.4, 0.5) is 0 Å². The molecule has 0 spiro atoms. The Morgan fingerprint density at radius 3 is 1.48 bits per heavy atom. The largest absolute Gasteiger partial charge is 0.326 e. The molecule has 0 radical (unpaired) electrons. The SMILES string of the molecule is CCCCCCCCCCN(CCCCCCCCCC)C[C@@H](N)Cc1ccccc1. The fourth-order valence-corrected chi connectivity index (χ4v) is 4.55. The number of unbranched alkanes of at least 4 members (excludes halogenated alkanes) is 14. The van der Waals surface area contributed by atoms with Crippen molar-refractivity contribution in [1.29, 1.82) is 0 Å². The van der Waals surface area contributed by atoms with Gasteiger partial charge in [0.25, 0.3) is 0 Å². The molecule has 0 saturated carbocycles. The van der Waals surface area contributed by atoms with Gasteiger partial charge in [-0.2, -0.15) is 0 Å². The number of rotatable bonds is 22.